The summed E-state index contributed by atoms with van der Waals surface area (Å²) in [6.07, 6.45) is 3.37. The summed E-state index contributed by atoms with van der Waals surface area (Å²) in [7, 11) is 1.88. The van der Waals surface area contributed by atoms with Gasteiger partial charge in [0.15, 0.2) is 5.82 Å². The summed E-state index contributed by atoms with van der Waals surface area (Å²) >= 11 is 0. The Morgan fingerprint density at radius 2 is 2.38 bits per heavy atom. The van der Waals surface area contributed by atoms with Crippen LogP contribution in [-0.4, -0.2) is 38.2 Å². The Morgan fingerprint density at radius 3 is 3.00 bits per heavy atom. The van der Waals surface area contributed by atoms with Crippen LogP contribution in [0.15, 0.2) is 6.33 Å². The van der Waals surface area contributed by atoms with Crippen molar-refractivity contribution in [3.63, 3.8) is 0 Å². The van der Waals surface area contributed by atoms with Gasteiger partial charge >= 0.3 is 0 Å². The van der Waals surface area contributed by atoms with Crippen LogP contribution in [0, 0.1) is 0 Å². The quantitative estimate of drug-likeness (QED) is 0.755. The molecule has 1 aliphatic rings. The van der Waals surface area contributed by atoms with Crippen molar-refractivity contribution in [1.82, 2.24) is 19.7 Å². The number of nitrogens with zero attached hydrogens (tertiary/aromatic N) is 4. The van der Waals surface area contributed by atoms with Crippen molar-refractivity contribution < 1.29 is 4.79 Å². The van der Waals surface area contributed by atoms with Crippen LogP contribution in [0.4, 0.5) is 0 Å². The van der Waals surface area contributed by atoms with E-state index in [0.29, 0.717) is 0 Å². The summed E-state index contributed by atoms with van der Waals surface area (Å²) in [6.45, 7) is 2.71. The first-order chi connectivity index (χ1) is 7.61. The van der Waals surface area contributed by atoms with E-state index in [2.05, 4.69) is 10.2 Å². The van der Waals surface area contributed by atoms with Gasteiger partial charge < -0.3 is 15.2 Å². The SMILES string of the molecule is CC(c1nncn1C)N1CCCC(N)C1=O. The van der Waals surface area contributed by atoms with Crippen LogP contribution >= 0.6 is 0 Å². The van der Waals surface area contributed by atoms with Gasteiger partial charge in [-0.05, 0) is 19.8 Å². The summed E-state index contributed by atoms with van der Waals surface area (Å²) in [6, 6.07) is -0.421. The molecule has 88 valence electrons. The fourth-order valence-corrected chi connectivity index (χ4v) is 2.12. The number of hydrogen-bond donors (Lipinski definition) is 1. The highest BCUT2D eigenvalue weighted by Crippen LogP contribution is 2.22. The van der Waals surface area contributed by atoms with Gasteiger partial charge in [0.2, 0.25) is 5.91 Å². The molecule has 6 nitrogen and oxygen atoms in total. The standard InChI is InChI=1S/C10H17N5O/c1-7(9-13-12-6-14(9)2)15-5-3-4-8(11)10(15)16/h6-8H,3-5,11H2,1-2H3. The minimum absolute atomic E-state index is 0.0155. The van der Waals surface area contributed by atoms with E-state index in [-0.39, 0.29) is 18.0 Å². The summed E-state index contributed by atoms with van der Waals surface area (Å²) in [5.74, 6) is 0.809. The van der Waals surface area contributed by atoms with Gasteiger partial charge in [-0.1, -0.05) is 0 Å². The van der Waals surface area contributed by atoms with Crippen LogP contribution < -0.4 is 5.73 Å². The van der Waals surface area contributed by atoms with Crippen molar-refractivity contribution in [3.8, 4) is 0 Å². The van der Waals surface area contributed by atoms with E-state index in [0.717, 1.165) is 25.2 Å². The first-order valence-corrected chi connectivity index (χ1v) is 5.51. The third kappa shape index (κ3) is 1.80. The normalized spacial score (nSPS) is 23.6. The number of nitrogens with two attached hydrogens (primary N) is 1. The van der Waals surface area contributed by atoms with E-state index in [1.807, 2.05) is 18.5 Å². The zero-order valence-corrected chi connectivity index (χ0v) is 9.63. The smallest absolute Gasteiger partial charge is 0.240 e. The third-order valence-corrected chi connectivity index (χ3v) is 3.10. The molecule has 16 heavy (non-hydrogen) atoms. The van der Waals surface area contributed by atoms with Crippen molar-refractivity contribution >= 4 is 5.91 Å². The summed E-state index contributed by atoms with van der Waals surface area (Å²) < 4.78 is 1.83. The molecule has 2 N–H and O–H groups in total. The molecule has 2 unspecified atom stereocenters. The van der Waals surface area contributed by atoms with Crippen LogP contribution in [-0.2, 0) is 11.8 Å². The van der Waals surface area contributed by atoms with E-state index in [1.54, 1.807) is 11.2 Å². The fraction of sp³-hybridized carbons (Fsp3) is 0.700. The van der Waals surface area contributed by atoms with Crippen molar-refractivity contribution in [3.05, 3.63) is 12.2 Å². The molecular weight excluding hydrogens is 206 g/mol. The minimum atomic E-state index is -0.357. The van der Waals surface area contributed by atoms with E-state index in [9.17, 15) is 4.79 Å². The number of hydrogen-bond acceptors (Lipinski definition) is 4. The van der Waals surface area contributed by atoms with Gasteiger partial charge in [-0.2, -0.15) is 0 Å². The van der Waals surface area contributed by atoms with Crippen LogP contribution in [0.3, 0.4) is 0 Å². The maximum Gasteiger partial charge on any atom is 0.240 e. The van der Waals surface area contributed by atoms with Crippen molar-refractivity contribution in [2.45, 2.75) is 31.8 Å². The molecule has 1 amide bonds. The van der Waals surface area contributed by atoms with E-state index >= 15 is 0 Å². The average Bonchev–Trinajstić information content (AvgIpc) is 2.68. The predicted molar refractivity (Wildman–Crippen MR) is 58.3 cm³/mol. The predicted octanol–water partition coefficient (Wildman–Crippen LogP) is -0.174. The Kier molecular flexibility index (Phi) is 2.91. The number of carbonyl (C=O) groups is 1. The molecule has 0 radical (unpaired) electrons. The molecule has 2 atom stereocenters. The fourth-order valence-electron chi connectivity index (χ4n) is 2.12. The van der Waals surface area contributed by atoms with Crippen molar-refractivity contribution in [2.75, 3.05) is 6.54 Å². The summed E-state index contributed by atoms with van der Waals surface area (Å²) in [5.41, 5.74) is 5.76. The Labute approximate surface area is 94.4 Å². The van der Waals surface area contributed by atoms with Crippen LogP contribution in [0.1, 0.15) is 31.6 Å². The molecular formula is C10H17N5O. The molecule has 0 saturated carbocycles. The zero-order chi connectivity index (χ0) is 11.7. The highest BCUT2D eigenvalue weighted by molar-refractivity contribution is 5.82. The molecule has 1 aromatic heterocycles. The Morgan fingerprint density at radius 1 is 1.62 bits per heavy atom. The van der Waals surface area contributed by atoms with E-state index in [1.165, 1.54) is 0 Å². The van der Waals surface area contributed by atoms with Gasteiger partial charge in [0.1, 0.15) is 6.33 Å². The summed E-state index contributed by atoms with van der Waals surface area (Å²) in [5, 5.41) is 7.85. The molecule has 2 heterocycles. The number of amides is 1. The summed E-state index contributed by atoms with van der Waals surface area (Å²) in [4.78, 5) is 13.7. The number of likely N-dealkylation sites (tertiary alicyclic amines) is 1. The molecule has 0 aliphatic carbocycles. The molecule has 0 spiro atoms. The largest absolute Gasteiger partial charge is 0.331 e. The van der Waals surface area contributed by atoms with Crippen LogP contribution in [0.25, 0.3) is 0 Å². The number of rotatable bonds is 2. The number of piperidine rings is 1. The van der Waals surface area contributed by atoms with Gasteiger partial charge in [0.25, 0.3) is 0 Å². The lowest BCUT2D eigenvalue weighted by Gasteiger charge is -2.34. The molecule has 0 aromatic carbocycles. The lowest BCUT2D eigenvalue weighted by atomic mass is 10.0. The monoisotopic (exact) mass is 223 g/mol. The van der Waals surface area contributed by atoms with Crippen molar-refractivity contribution in [2.24, 2.45) is 12.8 Å². The Hall–Kier alpha value is -1.43. The van der Waals surface area contributed by atoms with E-state index in [4.69, 9.17) is 5.73 Å². The molecule has 1 aliphatic heterocycles. The lowest BCUT2D eigenvalue weighted by molar-refractivity contribution is -0.137. The van der Waals surface area contributed by atoms with Crippen LogP contribution in [0.2, 0.25) is 0 Å². The minimum Gasteiger partial charge on any atom is -0.331 e. The molecule has 6 heteroatoms. The molecule has 1 saturated heterocycles. The Bertz CT molecular complexity index is 388. The highest BCUT2D eigenvalue weighted by atomic mass is 16.2. The Balaban J connectivity index is 2.18. The zero-order valence-electron chi connectivity index (χ0n) is 9.63. The second kappa shape index (κ2) is 4.21. The molecule has 2 rings (SSSR count). The maximum absolute atomic E-state index is 11.9. The molecule has 0 bridgehead atoms. The lowest BCUT2D eigenvalue weighted by Crippen LogP contribution is -2.49. The second-order valence-corrected chi connectivity index (χ2v) is 4.26. The van der Waals surface area contributed by atoms with Gasteiger partial charge in [-0.25, -0.2) is 0 Å². The van der Waals surface area contributed by atoms with Gasteiger partial charge in [0, 0.05) is 13.6 Å². The first kappa shape index (κ1) is 11.1. The maximum atomic E-state index is 11.9. The average molecular weight is 223 g/mol. The second-order valence-electron chi connectivity index (χ2n) is 4.26. The van der Waals surface area contributed by atoms with Gasteiger partial charge in [0.05, 0.1) is 12.1 Å². The third-order valence-electron chi connectivity index (χ3n) is 3.10. The highest BCUT2D eigenvalue weighted by Gasteiger charge is 2.31. The van der Waals surface area contributed by atoms with Crippen LogP contribution in [0.5, 0.6) is 0 Å². The van der Waals surface area contributed by atoms with Gasteiger partial charge in [-0.3, -0.25) is 4.79 Å². The molecule has 1 fully saturated rings. The molecule has 1 aromatic rings. The number of aromatic nitrogens is 3. The number of aryl methyl sites for hydroxylation is 1. The first-order valence-electron chi connectivity index (χ1n) is 5.51. The number of carbonyl (C=O) groups excluding carboxylic acids is 1. The van der Waals surface area contributed by atoms with Gasteiger partial charge in [-0.15, -0.1) is 10.2 Å². The topological polar surface area (TPSA) is 77.0 Å². The van der Waals surface area contributed by atoms with Crippen molar-refractivity contribution in [1.29, 1.82) is 0 Å². The van der Waals surface area contributed by atoms with E-state index < -0.39 is 0 Å².